The van der Waals surface area contributed by atoms with Crippen LogP contribution >= 0.6 is 11.3 Å². The topological polar surface area (TPSA) is 70.4 Å². The summed E-state index contributed by atoms with van der Waals surface area (Å²) >= 11 is 1.66. The van der Waals surface area contributed by atoms with Crippen LogP contribution in [0.5, 0.6) is 5.75 Å². The van der Waals surface area contributed by atoms with Gasteiger partial charge in [-0.25, -0.2) is 14.4 Å². The average molecular weight is 485 g/mol. The Balaban J connectivity index is 1.04. The summed E-state index contributed by atoms with van der Waals surface area (Å²) in [6, 6.07) is 12.2. The van der Waals surface area contributed by atoms with Crippen LogP contribution in [0.1, 0.15) is 10.6 Å². The molecule has 2 aromatic carbocycles. The Hall–Kier alpha value is -2.59. The zero-order valence-corrected chi connectivity index (χ0v) is 20.0. The van der Waals surface area contributed by atoms with Gasteiger partial charge in [-0.15, -0.1) is 11.3 Å². The maximum Gasteiger partial charge on any atom is 0.216 e. The van der Waals surface area contributed by atoms with E-state index in [0.717, 1.165) is 59.3 Å². The van der Waals surface area contributed by atoms with Crippen molar-refractivity contribution in [2.75, 3.05) is 52.5 Å². The fraction of sp³-hybridized carbons (Fsp3) is 0.440. The summed E-state index contributed by atoms with van der Waals surface area (Å²) in [6.45, 7) is 7.86. The van der Waals surface area contributed by atoms with Crippen LogP contribution < -0.4 is 4.74 Å². The van der Waals surface area contributed by atoms with E-state index in [1.54, 1.807) is 23.5 Å². The van der Waals surface area contributed by atoms with Crippen LogP contribution in [-0.4, -0.2) is 90.4 Å². The molecular formula is C25H29FN4O3S. The summed E-state index contributed by atoms with van der Waals surface area (Å²) in [7, 11) is 0. The van der Waals surface area contributed by atoms with Crippen LogP contribution in [0.3, 0.4) is 0 Å². The van der Waals surface area contributed by atoms with E-state index in [9.17, 15) is 9.50 Å². The molecule has 2 aliphatic heterocycles. The molecule has 1 aromatic heterocycles. The van der Waals surface area contributed by atoms with Gasteiger partial charge in [0.05, 0.1) is 15.2 Å². The molecule has 5 rings (SSSR count). The number of aliphatic imine (C=N–C) groups is 1. The minimum absolute atomic E-state index is 0.0874. The number of aromatic nitrogens is 1. The minimum Gasteiger partial charge on any atom is -0.491 e. The number of fused-ring (bicyclic) bond motifs is 1. The molecule has 0 amide bonds. The third-order valence-corrected chi connectivity index (χ3v) is 7.07. The Bertz CT molecular complexity index is 1140. The number of piperazine rings is 1. The lowest BCUT2D eigenvalue weighted by atomic mass is 10.2. The Labute approximate surface area is 202 Å². The largest absolute Gasteiger partial charge is 0.491 e. The van der Waals surface area contributed by atoms with Gasteiger partial charge in [0.15, 0.2) is 0 Å². The van der Waals surface area contributed by atoms with E-state index in [-0.39, 0.29) is 18.5 Å². The zero-order chi connectivity index (χ0) is 23.5. The van der Waals surface area contributed by atoms with Gasteiger partial charge in [0.1, 0.15) is 36.9 Å². The van der Waals surface area contributed by atoms with Crippen molar-refractivity contribution in [3.63, 3.8) is 0 Å². The predicted octanol–water partition coefficient (Wildman–Crippen LogP) is 2.95. The first-order chi connectivity index (χ1) is 16.5. The fourth-order valence-electron chi connectivity index (χ4n) is 4.37. The minimum atomic E-state index is -0.550. The molecule has 34 heavy (non-hydrogen) atoms. The first-order valence-electron chi connectivity index (χ1n) is 11.6. The summed E-state index contributed by atoms with van der Waals surface area (Å²) in [5.41, 5.74) is 1.75. The molecule has 2 atom stereocenters. The maximum atomic E-state index is 13.1. The Morgan fingerprint density at radius 3 is 2.71 bits per heavy atom. The van der Waals surface area contributed by atoms with Gasteiger partial charge in [0, 0.05) is 50.9 Å². The quantitative estimate of drug-likeness (QED) is 0.530. The first kappa shape index (κ1) is 23.2. The number of benzene rings is 2. The third-order valence-electron chi connectivity index (χ3n) is 6.11. The van der Waals surface area contributed by atoms with Gasteiger partial charge in [-0.05, 0) is 43.3 Å². The number of rotatable bonds is 8. The second-order valence-corrected chi connectivity index (χ2v) is 10.1. The Morgan fingerprint density at radius 1 is 1.15 bits per heavy atom. The standard InChI is InChI=1S/C25H29FN4O3S/c1-17-27-23-12-22(6-7-24(23)34-17)32-16-21(31)14-30-10-8-29(9-11-30)13-20-15-33-25(28-20)18-2-4-19(26)5-3-18/h2-7,12,20-21,31H,8-11,13-16H2,1H3. The van der Waals surface area contributed by atoms with Crippen LogP contribution in [0.15, 0.2) is 47.5 Å². The number of aliphatic hydroxyl groups is 1. The van der Waals surface area contributed by atoms with Gasteiger partial charge in [-0.1, -0.05) is 0 Å². The van der Waals surface area contributed by atoms with Crippen LogP contribution in [0.2, 0.25) is 0 Å². The summed E-state index contributed by atoms with van der Waals surface area (Å²) in [5, 5.41) is 11.5. The van der Waals surface area contributed by atoms with Gasteiger partial charge >= 0.3 is 0 Å². The Morgan fingerprint density at radius 2 is 1.91 bits per heavy atom. The van der Waals surface area contributed by atoms with Crippen LogP contribution in [0.4, 0.5) is 4.39 Å². The van der Waals surface area contributed by atoms with Crippen molar-refractivity contribution in [1.82, 2.24) is 14.8 Å². The molecule has 3 aromatic rings. The van der Waals surface area contributed by atoms with Crippen molar-refractivity contribution < 1.29 is 19.0 Å². The van der Waals surface area contributed by atoms with E-state index in [1.807, 2.05) is 25.1 Å². The van der Waals surface area contributed by atoms with Crippen molar-refractivity contribution in [1.29, 1.82) is 0 Å². The molecule has 180 valence electrons. The number of β-amino-alcohol motifs (C(OH)–C–C–N with tert-alkyl or cyclic N) is 1. The molecule has 0 aliphatic carbocycles. The van der Waals surface area contributed by atoms with Crippen LogP contribution in [-0.2, 0) is 4.74 Å². The highest BCUT2D eigenvalue weighted by Gasteiger charge is 2.25. The second-order valence-electron chi connectivity index (χ2n) is 8.83. The van der Waals surface area contributed by atoms with E-state index >= 15 is 0 Å². The number of nitrogens with zero attached hydrogens (tertiary/aromatic N) is 4. The van der Waals surface area contributed by atoms with E-state index < -0.39 is 6.10 Å². The van der Waals surface area contributed by atoms with Gasteiger partial charge in [-0.3, -0.25) is 9.80 Å². The van der Waals surface area contributed by atoms with Crippen LogP contribution in [0.25, 0.3) is 10.2 Å². The SMILES string of the molecule is Cc1nc2cc(OCC(O)CN3CCN(CC4COC(c5ccc(F)cc5)=N4)CC3)ccc2s1. The van der Waals surface area contributed by atoms with E-state index in [1.165, 1.54) is 12.1 Å². The van der Waals surface area contributed by atoms with Crippen molar-refractivity contribution in [2.45, 2.75) is 19.1 Å². The van der Waals surface area contributed by atoms with Gasteiger partial charge in [0.2, 0.25) is 5.90 Å². The highest BCUT2D eigenvalue weighted by molar-refractivity contribution is 7.18. The van der Waals surface area contributed by atoms with Crippen LogP contribution in [0, 0.1) is 12.7 Å². The fourth-order valence-corrected chi connectivity index (χ4v) is 5.17. The molecule has 3 heterocycles. The summed E-state index contributed by atoms with van der Waals surface area (Å²) < 4.78 is 25.8. The van der Waals surface area contributed by atoms with Gasteiger partial charge in [0.25, 0.3) is 0 Å². The van der Waals surface area contributed by atoms with E-state index in [0.29, 0.717) is 19.0 Å². The molecular weight excluding hydrogens is 455 g/mol. The average Bonchev–Trinajstić information content (AvgIpc) is 3.44. The number of aliphatic hydroxyl groups excluding tert-OH is 1. The monoisotopic (exact) mass is 484 g/mol. The lowest BCUT2D eigenvalue weighted by molar-refractivity contribution is 0.0446. The third kappa shape index (κ3) is 5.72. The number of halogens is 1. The highest BCUT2D eigenvalue weighted by atomic mass is 32.1. The van der Waals surface area contributed by atoms with E-state index in [2.05, 4.69) is 19.8 Å². The Kier molecular flexibility index (Phi) is 7.05. The molecule has 0 saturated carbocycles. The van der Waals surface area contributed by atoms with E-state index in [4.69, 9.17) is 9.47 Å². The number of ether oxygens (including phenoxy) is 2. The molecule has 1 N–H and O–H groups in total. The van der Waals surface area contributed by atoms with Crippen molar-refractivity contribution >= 4 is 27.5 Å². The molecule has 7 nitrogen and oxygen atoms in total. The molecule has 1 saturated heterocycles. The smallest absolute Gasteiger partial charge is 0.216 e. The molecule has 0 bridgehead atoms. The number of hydrogen-bond acceptors (Lipinski definition) is 8. The molecule has 9 heteroatoms. The van der Waals surface area contributed by atoms with Crippen molar-refractivity contribution in [3.8, 4) is 5.75 Å². The molecule has 0 spiro atoms. The van der Waals surface area contributed by atoms with Gasteiger partial charge in [-0.2, -0.15) is 0 Å². The first-order valence-corrected chi connectivity index (χ1v) is 12.4. The lowest BCUT2D eigenvalue weighted by Gasteiger charge is -2.36. The van der Waals surface area contributed by atoms with Crippen molar-refractivity contribution in [3.05, 3.63) is 58.9 Å². The number of hydrogen-bond donors (Lipinski definition) is 1. The normalized spacial score (nSPS) is 20.3. The number of thiazole rings is 1. The highest BCUT2D eigenvalue weighted by Crippen LogP contribution is 2.25. The summed E-state index contributed by atoms with van der Waals surface area (Å²) in [4.78, 5) is 13.8. The lowest BCUT2D eigenvalue weighted by Crippen LogP contribution is -2.50. The van der Waals surface area contributed by atoms with Crippen molar-refractivity contribution in [2.24, 2.45) is 4.99 Å². The zero-order valence-electron chi connectivity index (χ0n) is 19.2. The second kappa shape index (κ2) is 10.4. The number of aryl methyl sites for hydroxylation is 1. The molecule has 2 unspecified atom stereocenters. The molecule has 2 aliphatic rings. The predicted molar refractivity (Wildman–Crippen MR) is 131 cm³/mol. The summed E-state index contributed by atoms with van der Waals surface area (Å²) in [6.07, 6.45) is -0.550. The molecule has 1 fully saturated rings. The summed E-state index contributed by atoms with van der Waals surface area (Å²) in [5.74, 6) is 1.07. The maximum absolute atomic E-state index is 13.1. The molecule has 0 radical (unpaired) electrons. The van der Waals surface area contributed by atoms with Gasteiger partial charge < -0.3 is 14.6 Å².